The van der Waals surface area contributed by atoms with Gasteiger partial charge in [0.15, 0.2) is 0 Å². The van der Waals surface area contributed by atoms with E-state index in [1.807, 2.05) is 34.6 Å². The molecule has 0 aromatic heterocycles. The molecule has 0 aromatic carbocycles. The van der Waals surface area contributed by atoms with Gasteiger partial charge in [-0.2, -0.15) is 0 Å². The third-order valence-corrected chi connectivity index (χ3v) is 3.50. The predicted octanol–water partition coefficient (Wildman–Crippen LogP) is 1.45. The van der Waals surface area contributed by atoms with Crippen molar-refractivity contribution in [1.29, 1.82) is 0 Å². The Labute approximate surface area is 121 Å². The van der Waals surface area contributed by atoms with Gasteiger partial charge in [-0.25, -0.2) is 0 Å². The lowest BCUT2D eigenvalue weighted by Crippen LogP contribution is -2.54. The van der Waals surface area contributed by atoms with Gasteiger partial charge in [0.05, 0.1) is 6.04 Å². The number of rotatable bonds is 6. The minimum absolute atomic E-state index is 0.0901. The van der Waals surface area contributed by atoms with Crippen LogP contribution < -0.4 is 10.6 Å². The summed E-state index contributed by atoms with van der Waals surface area (Å²) in [6.07, 6.45) is 1.44. The first-order valence-corrected chi connectivity index (χ1v) is 8.29. The molecule has 0 aliphatic heterocycles. The first kappa shape index (κ1) is 19.3. The Hall–Kier alpha value is -0.680. The molecule has 0 aliphatic carbocycles. The normalized spacial score (nSPS) is 16.4. The molecule has 7 heteroatoms. The van der Waals surface area contributed by atoms with Crippen LogP contribution in [-0.2, 0) is 9.36 Å². The fourth-order valence-corrected chi connectivity index (χ4v) is 2.14. The zero-order valence-corrected chi connectivity index (χ0v) is 13.9. The Kier molecular flexibility index (Phi) is 7.11. The van der Waals surface area contributed by atoms with Gasteiger partial charge in [0.25, 0.3) is 0 Å². The lowest BCUT2D eigenvalue weighted by molar-refractivity contribution is -0.125. The van der Waals surface area contributed by atoms with Crippen molar-refractivity contribution in [3.8, 4) is 0 Å². The van der Waals surface area contributed by atoms with Crippen LogP contribution in [0.5, 0.6) is 0 Å². The largest absolute Gasteiger partial charge is 0.358 e. The molecule has 118 valence electrons. The second kappa shape index (κ2) is 7.36. The molecule has 6 nitrogen and oxygen atoms in total. The monoisotopic (exact) mass is 306 g/mol. The van der Waals surface area contributed by atoms with Crippen molar-refractivity contribution in [2.24, 2.45) is 11.3 Å². The summed E-state index contributed by atoms with van der Waals surface area (Å²) in [5, 5.41) is 5.78. The maximum atomic E-state index is 12.0. The van der Waals surface area contributed by atoms with E-state index < -0.39 is 13.6 Å². The molecule has 0 radical (unpaired) electrons. The van der Waals surface area contributed by atoms with Gasteiger partial charge in [0.1, 0.15) is 0 Å². The molecule has 0 unspecified atom stereocenters. The minimum atomic E-state index is -4.20. The molecule has 0 bridgehead atoms. The average Bonchev–Trinajstić information content (AvgIpc) is 2.24. The summed E-state index contributed by atoms with van der Waals surface area (Å²) in [5.41, 5.74) is -0.316. The first-order chi connectivity index (χ1) is 8.88. The molecule has 20 heavy (non-hydrogen) atoms. The van der Waals surface area contributed by atoms with Crippen LogP contribution in [0.25, 0.3) is 0 Å². The fourth-order valence-electron chi connectivity index (χ4n) is 1.73. The lowest BCUT2D eigenvalue weighted by atomic mass is 9.85. The number of hydrogen-bond acceptors (Lipinski definition) is 3. The van der Waals surface area contributed by atoms with Crippen LogP contribution >= 0.6 is 7.60 Å². The van der Waals surface area contributed by atoms with Gasteiger partial charge in [-0.15, -0.1) is 0 Å². The summed E-state index contributed by atoms with van der Waals surface area (Å²) in [7, 11) is -2.63. The van der Waals surface area contributed by atoms with E-state index in [0.717, 1.165) is 5.82 Å². The Balaban J connectivity index is 5.17. The van der Waals surface area contributed by atoms with Crippen molar-refractivity contribution in [3.05, 3.63) is 11.9 Å². The number of carbonyl (C=O) groups is 1. The van der Waals surface area contributed by atoms with Crippen molar-refractivity contribution in [3.63, 3.8) is 0 Å². The third kappa shape index (κ3) is 7.20. The van der Waals surface area contributed by atoms with Crippen molar-refractivity contribution in [1.82, 2.24) is 10.6 Å². The van der Waals surface area contributed by atoms with E-state index in [-0.39, 0.29) is 23.3 Å². The van der Waals surface area contributed by atoms with Crippen LogP contribution in [-0.4, -0.2) is 34.8 Å². The molecular weight excluding hydrogens is 279 g/mol. The number of likely N-dealkylation sites (N-methyl/N-ethyl adjacent to an activating group) is 1. The number of amides is 1. The second-order valence-corrected chi connectivity index (χ2v) is 7.76. The van der Waals surface area contributed by atoms with E-state index in [1.165, 1.54) is 6.08 Å². The molecule has 0 saturated heterocycles. The van der Waals surface area contributed by atoms with E-state index in [0.29, 0.717) is 0 Å². The lowest BCUT2D eigenvalue weighted by Gasteiger charge is -2.34. The van der Waals surface area contributed by atoms with E-state index in [2.05, 4.69) is 10.6 Å². The SMILES string of the molecule is CNC(=O)[C@@H](N[C@H](/C=C/P(=O)(O)O)C(C)C)C(C)(C)C. The van der Waals surface area contributed by atoms with Crippen molar-refractivity contribution in [2.75, 3.05) is 7.05 Å². The highest BCUT2D eigenvalue weighted by Crippen LogP contribution is 2.36. The Morgan fingerprint density at radius 2 is 1.75 bits per heavy atom. The highest BCUT2D eigenvalue weighted by Gasteiger charge is 2.32. The Bertz CT molecular complexity index is 396. The van der Waals surface area contributed by atoms with Gasteiger partial charge >= 0.3 is 7.60 Å². The second-order valence-electron chi connectivity index (χ2n) is 6.28. The quantitative estimate of drug-likeness (QED) is 0.557. The van der Waals surface area contributed by atoms with Gasteiger partial charge in [0.2, 0.25) is 5.91 Å². The zero-order valence-electron chi connectivity index (χ0n) is 13.0. The highest BCUT2D eigenvalue weighted by molar-refractivity contribution is 7.55. The van der Waals surface area contributed by atoms with Crippen LogP contribution in [0.2, 0.25) is 0 Å². The molecule has 0 rings (SSSR count). The van der Waals surface area contributed by atoms with E-state index in [1.54, 1.807) is 7.05 Å². The van der Waals surface area contributed by atoms with Crippen molar-refractivity contribution >= 4 is 13.5 Å². The minimum Gasteiger partial charge on any atom is -0.358 e. The summed E-state index contributed by atoms with van der Waals surface area (Å²) in [6, 6.07) is -0.759. The molecule has 1 amide bonds. The number of nitrogens with one attached hydrogen (secondary N) is 2. The molecule has 0 aliphatic rings. The number of carbonyl (C=O) groups excluding carboxylic acids is 1. The van der Waals surface area contributed by atoms with Gasteiger partial charge in [-0.05, 0) is 11.3 Å². The molecular formula is C13H27N2O4P. The van der Waals surface area contributed by atoms with Crippen molar-refractivity contribution < 1.29 is 19.1 Å². The molecule has 0 aromatic rings. The predicted molar refractivity (Wildman–Crippen MR) is 80.3 cm³/mol. The van der Waals surface area contributed by atoms with Crippen LogP contribution in [0.4, 0.5) is 0 Å². The highest BCUT2D eigenvalue weighted by atomic mass is 31.2. The van der Waals surface area contributed by atoms with Crippen LogP contribution in [0, 0.1) is 11.3 Å². The summed E-state index contributed by atoms with van der Waals surface area (Å²) in [5.74, 6) is 0.828. The third-order valence-electron chi connectivity index (χ3n) is 2.94. The first-order valence-electron chi connectivity index (χ1n) is 6.60. The Morgan fingerprint density at radius 1 is 1.25 bits per heavy atom. The molecule has 4 N–H and O–H groups in total. The van der Waals surface area contributed by atoms with E-state index in [4.69, 9.17) is 9.79 Å². The maximum absolute atomic E-state index is 12.0. The fraction of sp³-hybridized carbons (Fsp3) is 0.769. The number of hydrogen-bond donors (Lipinski definition) is 4. The van der Waals surface area contributed by atoms with E-state index in [9.17, 15) is 9.36 Å². The van der Waals surface area contributed by atoms with Crippen molar-refractivity contribution in [2.45, 2.75) is 46.7 Å². The van der Waals surface area contributed by atoms with Crippen LogP contribution in [0.3, 0.4) is 0 Å². The smallest absolute Gasteiger partial charge is 0.348 e. The van der Waals surface area contributed by atoms with E-state index >= 15 is 0 Å². The van der Waals surface area contributed by atoms with Gasteiger partial charge < -0.3 is 15.1 Å². The Morgan fingerprint density at radius 3 is 2.05 bits per heavy atom. The van der Waals surface area contributed by atoms with Gasteiger partial charge in [-0.3, -0.25) is 14.7 Å². The molecule has 0 spiro atoms. The summed E-state index contributed by atoms with van der Waals surface area (Å²) in [6.45, 7) is 9.65. The van der Waals surface area contributed by atoms with Gasteiger partial charge in [-0.1, -0.05) is 40.7 Å². The summed E-state index contributed by atoms with van der Waals surface area (Å²) in [4.78, 5) is 29.8. The van der Waals surface area contributed by atoms with Crippen LogP contribution in [0.1, 0.15) is 34.6 Å². The molecule has 0 saturated carbocycles. The zero-order chi connectivity index (χ0) is 16.1. The van der Waals surface area contributed by atoms with Crippen LogP contribution in [0.15, 0.2) is 11.9 Å². The molecule has 0 heterocycles. The molecule has 2 atom stereocenters. The standard InChI is InChI=1S/C13H27N2O4P/c1-9(2)10(7-8-20(17,18)19)15-11(12(16)14-6)13(3,4)5/h7-11,15H,1-6H3,(H,14,16)(H2,17,18,19)/b8-7+/t10-,11-/m1/s1. The molecule has 0 fully saturated rings. The average molecular weight is 306 g/mol. The van der Waals surface area contributed by atoms with Gasteiger partial charge in [0, 0.05) is 18.9 Å². The summed E-state index contributed by atoms with van der Waals surface area (Å²) >= 11 is 0. The summed E-state index contributed by atoms with van der Waals surface area (Å²) < 4.78 is 10.9. The maximum Gasteiger partial charge on any atom is 0.348 e. The topological polar surface area (TPSA) is 98.7 Å².